The molecule has 2 fully saturated rings. The number of amides is 3. The molecule has 0 saturated carbocycles. The molecule has 0 radical (unpaired) electrons. The Hall–Kier alpha value is -1.88. The summed E-state index contributed by atoms with van der Waals surface area (Å²) in [5.74, 6) is 1.23. The molecular formula is C19H27N3O2. The number of benzene rings is 1. The van der Waals surface area contributed by atoms with Crippen molar-refractivity contribution in [3.63, 3.8) is 0 Å². The van der Waals surface area contributed by atoms with E-state index in [1.165, 1.54) is 23.3 Å². The van der Waals surface area contributed by atoms with E-state index in [9.17, 15) is 9.59 Å². The van der Waals surface area contributed by atoms with Gasteiger partial charge in [0.2, 0.25) is 5.91 Å². The summed E-state index contributed by atoms with van der Waals surface area (Å²) in [6.07, 6.45) is 3.22. The highest BCUT2D eigenvalue weighted by Gasteiger charge is 2.30. The van der Waals surface area contributed by atoms with Gasteiger partial charge in [-0.3, -0.25) is 9.69 Å². The molecule has 1 N–H and O–H groups in total. The molecule has 2 aliphatic rings. The van der Waals surface area contributed by atoms with Gasteiger partial charge in [0, 0.05) is 13.1 Å². The summed E-state index contributed by atoms with van der Waals surface area (Å²) in [6.45, 7) is 6.11. The van der Waals surface area contributed by atoms with Crippen molar-refractivity contribution in [3.05, 3.63) is 35.9 Å². The molecule has 2 atom stereocenters. The molecule has 3 amide bonds. The Bertz CT molecular complexity index is 559. The number of hydrogen-bond acceptors (Lipinski definition) is 3. The van der Waals surface area contributed by atoms with E-state index in [4.69, 9.17) is 0 Å². The van der Waals surface area contributed by atoms with Crippen molar-refractivity contribution in [2.45, 2.75) is 32.1 Å². The second kappa shape index (κ2) is 7.79. The average Bonchev–Trinajstić information content (AvgIpc) is 2.94. The number of imide groups is 1. The molecular weight excluding hydrogens is 302 g/mol. The van der Waals surface area contributed by atoms with Gasteiger partial charge < -0.3 is 10.2 Å². The molecule has 130 valence electrons. The minimum absolute atomic E-state index is 0.103. The first-order valence-corrected chi connectivity index (χ1v) is 9.04. The first kappa shape index (κ1) is 17.0. The second-order valence-electron chi connectivity index (χ2n) is 6.83. The van der Waals surface area contributed by atoms with Gasteiger partial charge in [-0.15, -0.1) is 0 Å². The van der Waals surface area contributed by atoms with E-state index in [1.807, 2.05) is 0 Å². The fourth-order valence-corrected chi connectivity index (χ4v) is 4.00. The van der Waals surface area contributed by atoms with Crippen molar-refractivity contribution in [1.82, 2.24) is 15.1 Å². The number of hydrogen-bond donors (Lipinski definition) is 1. The first-order valence-electron chi connectivity index (χ1n) is 9.04. The lowest BCUT2D eigenvalue weighted by Gasteiger charge is -2.38. The number of urea groups is 1. The Morgan fingerprint density at radius 3 is 2.62 bits per heavy atom. The minimum atomic E-state index is -0.241. The SMILES string of the molecule is CCC1CN(CCCN2C(=O)CNC2=O)CCC1c1ccccc1. The normalized spacial score (nSPS) is 25.1. The lowest BCUT2D eigenvalue weighted by Crippen LogP contribution is -2.41. The minimum Gasteiger partial charge on any atom is -0.329 e. The molecule has 3 rings (SSSR count). The molecule has 0 spiro atoms. The Labute approximate surface area is 144 Å². The number of nitrogens with one attached hydrogen (secondary N) is 1. The highest BCUT2D eigenvalue weighted by molar-refractivity contribution is 6.01. The number of carbonyl (C=O) groups excluding carboxylic acids is 2. The van der Waals surface area contributed by atoms with Crippen molar-refractivity contribution in [1.29, 1.82) is 0 Å². The van der Waals surface area contributed by atoms with Gasteiger partial charge in [-0.05, 0) is 43.3 Å². The maximum atomic E-state index is 11.6. The standard InChI is InChI=1S/C19H27N3O2/c1-2-15-14-21(10-6-11-22-18(23)13-20-19(22)24)12-9-17(15)16-7-4-3-5-8-16/h3-5,7-8,15,17H,2,6,9-14H2,1H3,(H,20,24). The summed E-state index contributed by atoms with van der Waals surface area (Å²) in [5.41, 5.74) is 1.46. The van der Waals surface area contributed by atoms with Gasteiger partial charge in [0.05, 0.1) is 6.54 Å². The first-order chi connectivity index (χ1) is 11.7. The van der Waals surface area contributed by atoms with E-state index >= 15 is 0 Å². The van der Waals surface area contributed by atoms with Crippen molar-refractivity contribution in [2.24, 2.45) is 5.92 Å². The molecule has 2 unspecified atom stereocenters. The largest absolute Gasteiger partial charge is 0.329 e. The van der Waals surface area contributed by atoms with Crippen LogP contribution in [0.25, 0.3) is 0 Å². The van der Waals surface area contributed by atoms with Gasteiger partial charge in [-0.2, -0.15) is 0 Å². The third-order valence-corrected chi connectivity index (χ3v) is 5.36. The van der Waals surface area contributed by atoms with Gasteiger partial charge in [-0.25, -0.2) is 4.79 Å². The van der Waals surface area contributed by atoms with Crippen LogP contribution in [0.3, 0.4) is 0 Å². The third-order valence-electron chi connectivity index (χ3n) is 5.36. The summed E-state index contributed by atoms with van der Waals surface area (Å²) < 4.78 is 0. The van der Waals surface area contributed by atoms with E-state index in [2.05, 4.69) is 47.5 Å². The van der Waals surface area contributed by atoms with Crippen LogP contribution in [0.1, 0.15) is 37.7 Å². The predicted octanol–water partition coefficient (Wildman–Crippen LogP) is 2.44. The maximum Gasteiger partial charge on any atom is 0.324 e. The van der Waals surface area contributed by atoms with Crippen LogP contribution in [-0.4, -0.2) is 54.5 Å². The zero-order chi connectivity index (χ0) is 16.9. The van der Waals surface area contributed by atoms with Crippen LogP contribution in [-0.2, 0) is 4.79 Å². The van der Waals surface area contributed by atoms with Gasteiger partial charge in [0.1, 0.15) is 0 Å². The monoisotopic (exact) mass is 329 g/mol. The Morgan fingerprint density at radius 2 is 1.96 bits per heavy atom. The van der Waals surface area contributed by atoms with Crippen LogP contribution in [0.4, 0.5) is 4.79 Å². The van der Waals surface area contributed by atoms with Gasteiger partial charge in [0.25, 0.3) is 0 Å². The second-order valence-corrected chi connectivity index (χ2v) is 6.83. The Balaban J connectivity index is 1.49. The van der Waals surface area contributed by atoms with E-state index in [-0.39, 0.29) is 18.5 Å². The smallest absolute Gasteiger partial charge is 0.324 e. The molecule has 0 bridgehead atoms. The molecule has 2 saturated heterocycles. The highest BCUT2D eigenvalue weighted by Crippen LogP contribution is 2.34. The predicted molar refractivity (Wildman–Crippen MR) is 93.7 cm³/mol. The molecule has 2 aliphatic heterocycles. The highest BCUT2D eigenvalue weighted by atomic mass is 16.2. The van der Waals surface area contributed by atoms with Crippen LogP contribution >= 0.6 is 0 Å². The molecule has 1 aromatic carbocycles. The number of rotatable bonds is 6. The van der Waals surface area contributed by atoms with Gasteiger partial charge >= 0.3 is 6.03 Å². The molecule has 5 nitrogen and oxygen atoms in total. The zero-order valence-electron chi connectivity index (χ0n) is 14.4. The molecule has 24 heavy (non-hydrogen) atoms. The summed E-state index contributed by atoms with van der Waals surface area (Å²) in [5, 5.41) is 2.57. The van der Waals surface area contributed by atoms with Crippen LogP contribution in [0.2, 0.25) is 0 Å². The summed E-state index contributed by atoms with van der Waals surface area (Å²) in [6, 6.07) is 10.6. The summed E-state index contributed by atoms with van der Waals surface area (Å²) in [7, 11) is 0. The Kier molecular flexibility index (Phi) is 5.51. The number of likely N-dealkylation sites (tertiary alicyclic amines) is 1. The van der Waals surface area contributed by atoms with E-state index in [0.717, 1.165) is 26.1 Å². The lowest BCUT2D eigenvalue weighted by atomic mass is 9.79. The number of piperidine rings is 1. The van der Waals surface area contributed by atoms with Crippen molar-refractivity contribution < 1.29 is 9.59 Å². The number of nitrogens with zero attached hydrogens (tertiary/aromatic N) is 2. The maximum absolute atomic E-state index is 11.6. The van der Waals surface area contributed by atoms with E-state index < -0.39 is 0 Å². The average molecular weight is 329 g/mol. The van der Waals surface area contributed by atoms with Gasteiger partial charge in [0.15, 0.2) is 0 Å². The third kappa shape index (κ3) is 3.78. The van der Waals surface area contributed by atoms with Crippen molar-refractivity contribution >= 4 is 11.9 Å². The quantitative estimate of drug-likeness (QED) is 0.816. The number of carbonyl (C=O) groups is 2. The summed E-state index contributed by atoms with van der Waals surface area (Å²) in [4.78, 5) is 27.0. The lowest BCUT2D eigenvalue weighted by molar-refractivity contribution is -0.125. The van der Waals surface area contributed by atoms with Crippen LogP contribution < -0.4 is 5.32 Å². The molecule has 0 aromatic heterocycles. The Morgan fingerprint density at radius 1 is 1.17 bits per heavy atom. The summed E-state index contributed by atoms with van der Waals surface area (Å²) >= 11 is 0. The molecule has 2 heterocycles. The van der Waals surface area contributed by atoms with Crippen molar-refractivity contribution in [2.75, 3.05) is 32.7 Å². The van der Waals surface area contributed by atoms with Crippen LogP contribution in [0.15, 0.2) is 30.3 Å². The molecule has 5 heteroatoms. The fraction of sp³-hybridized carbons (Fsp3) is 0.579. The van der Waals surface area contributed by atoms with E-state index in [1.54, 1.807) is 0 Å². The van der Waals surface area contributed by atoms with Crippen molar-refractivity contribution in [3.8, 4) is 0 Å². The zero-order valence-corrected chi connectivity index (χ0v) is 14.4. The van der Waals surface area contributed by atoms with Crippen LogP contribution in [0.5, 0.6) is 0 Å². The van der Waals surface area contributed by atoms with Gasteiger partial charge in [-0.1, -0.05) is 43.7 Å². The molecule has 1 aromatic rings. The van der Waals surface area contributed by atoms with Crippen LogP contribution in [0, 0.1) is 5.92 Å². The van der Waals surface area contributed by atoms with E-state index in [0.29, 0.717) is 18.4 Å². The fourth-order valence-electron chi connectivity index (χ4n) is 4.00. The molecule has 0 aliphatic carbocycles. The topological polar surface area (TPSA) is 52.6 Å².